The first kappa shape index (κ1) is 14.6. The van der Waals surface area contributed by atoms with Crippen LogP contribution in [-0.4, -0.2) is 44.5 Å². The standard InChI is InChI=1S/C15H17N5O2S/c1-19-8-11(7-17-19)13-6-12(22-18-13)9-20-3-4-21-14(10-20)15-16-2-5-23-15/h2,5-8,14H,3-4,9-10H2,1H3/t14-/m1/s1. The summed E-state index contributed by atoms with van der Waals surface area (Å²) < 4.78 is 13.0. The zero-order valence-electron chi connectivity index (χ0n) is 12.8. The van der Waals surface area contributed by atoms with Gasteiger partial charge in [0, 0.05) is 49.5 Å². The van der Waals surface area contributed by atoms with Gasteiger partial charge in [-0.15, -0.1) is 11.3 Å². The highest BCUT2D eigenvalue weighted by Crippen LogP contribution is 2.25. The lowest BCUT2D eigenvalue weighted by atomic mass is 10.2. The van der Waals surface area contributed by atoms with E-state index >= 15 is 0 Å². The van der Waals surface area contributed by atoms with Crippen LogP contribution in [0.25, 0.3) is 11.3 Å². The quantitative estimate of drug-likeness (QED) is 0.729. The molecule has 0 aliphatic carbocycles. The summed E-state index contributed by atoms with van der Waals surface area (Å²) in [6, 6.07) is 1.98. The molecule has 23 heavy (non-hydrogen) atoms. The summed E-state index contributed by atoms with van der Waals surface area (Å²) in [6.07, 6.45) is 5.58. The van der Waals surface area contributed by atoms with Gasteiger partial charge >= 0.3 is 0 Å². The molecule has 120 valence electrons. The van der Waals surface area contributed by atoms with E-state index < -0.39 is 0 Å². The summed E-state index contributed by atoms with van der Waals surface area (Å²) in [6.45, 7) is 3.12. The minimum absolute atomic E-state index is 0.0458. The van der Waals surface area contributed by atoms with Gasteiger partial charge in [0.15, 0.2) is 5.76 Å². The summed E-state index contributed by atoms with van der Waals surface area (Å²) in [5.74, 6) is 0.851. The van der Waals surface area contributed by atoms with Gasteiger partial charge in [-0.05, 0) is 0 Å². The fourth-order valence-corrected chi connectivity index (χ4v) is 3.36. The number of rotatable bonds is 4. The average Bonchev–Trinajstić information content (AvgIpc) is 3.28. The monoisotopic (exact) mass is 331 g/mol. The maximum Gasteiger partial charge on any atom is 0.151 e. The van der Waals surface area contributed by atoms with E-state index in [2.05, 4.69) is 20.1 Å². The Kier molecular flexibility index (Phi) is 3.94. The first-order valence-corrected chi connectivity index (χ1v) is 8.34. The lowest BCUT2D eigenvalue weighted by Crippen LogP contribution is -2.37. The first-order chi connectivity index (χ1) is 11.3. The molecule has 1 atom stereocenters. The van der Waals surface area contributed by atoms with E-state index in [9.17, 15) is 0 Å². The first-order valence-electron chi connectivity index (χ1n) is 7.46. The molecule has 1 aliphatic rings. The van der Waals surface area contributed by atoms with Crippen LogP contribution in [0.4, 0.5) is 0 Å². The van der Waals surface area contributed by atoms with Gasteiger partial charge < -0.3 is 9.26 Å². The normalized spacial score (nSPS) is 19.3. The smallest absolute Gasteiger partial charge is 0.151 e. The zero-order chi connectivity index (χ0) is 15.6. The second-order valence-electron chi connectivity index (χ2n) is 5.55. The van der Waals surface area contributed by atoms with E-state index in [0.29, 0.717) is 6.61 Å². The number of hydrogen-bond acceptors (Lipinski definition) is 7. The van der Waals surface area contributed by atoms with Crippen molar-refractivity contribution in [2.45, 2.75) is 12.6 Å². The molecule has 0 saturated carbocycles. The topological polar surface area (TPSA) is 69.2 Å². The number of aromatic nitrogens is 4. The van der Waals surface area contributed by atoms with Crippen LogP contribution in [0.2, 0.25) is 0 Å². The second kappa shape index (κ2) is 6.23. The molecule has 0 bridgehead atoms. The van der Waals surface area contributed by atoms with Gasteiger partial charge in [-0.25, -0.2) is 4.98 Å². The van der Waals surface area contributed by atoms with Gasteiger partial charge in [0.25, 0.3) is 0 Å². The van der Waals surface area contributed by atoms with Crippen molar-refractivity contribution in [2.24, 2.45) is 7.05 Å². The minimum atomic E-state index is 0.0458. The number of morpholine rings is 1. The molecule has 1 fully saturated rings. The van der Waals surface area contributed by atoms with E-state index in [4.69, 9.17) is 9.26 Å². The van der Waals surface area contributed by atoms with Gasteiger partial charge in [-0.1, -0.05) is 5.16 Å². The van der Waals surface area contributed by atoms with E-state index in [1.807, 2.05) is 30.9 Å². The number of hydrogen-bond donors (Lipinski definition) is 0. The van der Waals surface area contributed by atoms with Crippen molar-refractivity contribution < 1.29 is 9.26 Å². The Labute approximate surface area is 137 Å². The lowest BCUT2D eigenvalue weighted by molar-refractivity contribution is -0.0351. The minimum Gasteiger partial charge on any atom is -0.368 e. The Bertz CT molecular complexity index is 767. The van der Waals surface area contributed by atoms with Crippen molar-refractivity contribution in [1.29, 1.82) is 0 Å². The lowest BCUT2D eigenvalue weighted by Gasteiger charge is -2.31. The van der Waals surface area contributed by atoms with Gasteiger partial charge in [-0.2, -0.15) is 5.10 Å². The molecule has 4 rings (SSSR count). The Morgan fingerprint density at radius 1 is 1.43 bits per heavy atom. The van der Waals surface area contributed by atoms with Gasteiger partial charge in [0.05, 0.1) is 19.3 Å². The Hall–Kier alpha value is -2.03. The van der Waals surface area contributed by atoms with E-state index in [1.54, 1.807) is 22.2 Å². The molecule has 1 aliphatic heterocycles. The largest absolute Gasteiger partial charge is 0.368 e. The predicted octanol–water partition coefficient (Wildman–Crippen LogP) is 2.11. The maximum atomic E-state index is 5.82. The molecule has 0 N–H and O–H groups in total. The van der Waals surface area contributed by atoms with Crippen molar-refractivity contribution in [1.82, 2.24) is 24.8 Å². The van der Waals surface area contributed by atoms with Crippen molar-refractivity contribution in [3.8, 4) is 11.3 Å². The van der Waals surface area contributed by atoms with Gasteiger partial charge in [0.1, 0.15) is 16.8 Å². The summed E-state index contributed by atoms with van der Waals surface area (Å²) >= 11 is 1.63. The van der Waals surface area contributed by atoms with Crippen molar-refractivity contribution in [3.63, 3.8) is 0 Å². The van der Waals surface area contributed by atoms with Crippen molar-refractivity contribution in [2.75, 3.05) is 19.7 Å². The van der Waals surface area contributed by atoms with Crippen LogP contribution in [0.5, 0.6) is 0 Å². The van der Waals surface area contributed by atoms with Crippen LogP contribution >= 0.6 is 11.3 Å². The summed E-state index contributed by atoms with van der Waals surface area (Å²) in [7, 11) is 1.89. The molecular formula is C15H17N5O2S. The molecule has 0 spiro atoms. The molecule has 8 heteroatoms. The van der Waals surface area contributed by atoms with Crippen LogP contribution in [0.3, 0.4) is 0 Å². The highest BCUT2D eigenvalue weighted by Gasteiger charge is 2.24. The maximum absolute atomic E-state index is 5.82. The molecule has 3 aromatic rings. The van der Waals surface area contributed by atoms with E-state index in [1.165, 1.54) is 0 Å². The van der Waals surface area contributed by atoms with Crippen molar-refractivity contribution >= 4 is 11.3 Å². The zero-order valence-corrected chi connectivity index (χ0v) is 13.6. The Balaban J connectivity index is 1.43. The van der Waals surface area contributed by atoms with Gasteiger partial charge in [0.2, 0.25) is 0 Å². The molecule has 3 aromatic heterocycles. The number of aryl methyl sites for hydroxylation is 1. The van der Waals surface area contributed by atoms with Crippen LogP contribution in [0, 0.1) is 0 Å². The molecule has 0 aromatic carbocycles. The Morgan fingerprint density at radius 2 is 2.39 bits per heavy atom. The van der Waals surface area contributed by atoms with Gasteiger partial charge in [-0.3, -0.25) is 9.58 Å². The molecule has 0 amide bonds. The SMILES string of the molecule is Cn1cc(-c2cc(CN3CCO[C@@H](c4nccs4)C3)on2)cn1. The number of ether oxygens (including phenoxy) is 1. The predicted molar refractivity (Wildman–Crippen MR) is 84.8 cm³/mol. The molecule has 0 unspecified atom stereocenters. The second-order valence-corrected chi connectivity index (χ2v) is 6.47. The van der Waals surface area contributed by atoms with E-state index in [-0.39, 0.29) is 6.10 Å². The molecule has 4 heterocycles. The fourth-order valence-electron chi connectivity index (χ4n) is 2.69. The average molecular weight is 331 g/mol. The van der Waals surface area contributed by atoms with Crippen LogP contribution in [-0.2, 0) is 18.3 Å². The third kappa shape index (κ3) is 3.19. The van der Waals surface area contributed by atoms with Crippen LogP contribution in [0.15, 0.2) is 34.6 Å². The fraction of sp³-hybridized carbons (Fsp3) is 0.400. The third-order valence-electron chi connectivity index (χ3n) is 3.82. The summed E-state index contributed by atoms with van der Waals surface area (Å²) in [5, 5.41) is 11.3. The number of nitrogens with zero attached hydrogens (tertiary/aromatic N) is 5. The molecule has 7 nitrogen and oxygen atoms in total. The summed E-state index contributed by atoms with van der Waals surface area (Å²) in [5.41, 5.74) is 1.78. The van der Waals surface area contributed by atoms with Crippen LogP contribution < -0.4 is 0 Å². The highest BCUT2D eigenvalue weighted by atomic mass is 32.1. The van der Waals surface area contributed by atoms with E-state index in [0.717, 1.165) is 41.7 Å². The summed E-state index contributed by atoms with van der Waals surface area (Å²) in [4.78, 5) is 6.66. The molecular weight excluding hydrogens is 314 g/mol. The van der Waals surface area contributed by atoms with Crippen LogP contribution in [0.1, 0.15) is 16.9 Å². The highest BCUT2D eigenvalue weighted by molar-refractivity contribution is 7.09. The molecule has 1 saturated heterocycles. The Morgan fingerprint density at radius 3 is 3.17 bits per heavy atom. The third-order valence-corrected chi connectivity index (χ3v) is 4.68. The van der Waals surface area contributed by atoms with Crippen molar-refractivity contribution in [3.05, 3.63) is 40.8 Å². The number of thiazole rings is 1. The molecule has 0 radical (unpaired) electrons.